The number of hydrogen-bond donors (Lipinski definition) is 0. The van der Waals surface area contributed by atoms with Crippen LogP contribution in [0.25, 0.3) is 16.7 Å². The maximum Gasteiger partial charge on any atom is 0.410 e. The SMILES string of the molecule is Cc1ccnc2c1c(C1CN(C(=O)OC(C)(C)C)C1)nn2-c1ccc(C=O)cc1. The Balaban J connectivity index is 1.66. The molecule has 3 heterocycles. The van der Waals surface area contributed by atoms with E-state index in [-0.39, 0.29) is 12.0 Å². The average Bonchev–Trinajstić information content (AvgIpc) is 3.00. The fraction of sp³-hybridized carbons (Fsp3) is 0.364. The van der Waals surface area contributed by atoms with Crippen LogP contribution in [0.15, 0.2) is 36.5 Å². The van der Waals surface area contributed by atoms with E-state index in [1.54, 1.807) is 23.2 Å². The van der Waals surface area contributed by atoms with E-state index in [9.17, 15) is 9.59 Å². The minimum atomic E-state index is -0.509. The number of rotatable bonds is 3. The molecule has 7 nitrogen and oxygen atoms in total. The molecule has 0 N–H and O–H groups in total. The summed E-state index contributed by atoms with van der Waals surface area (Å²) in [6, 6.07) is 9.21. The van der Waals surface area contributed by atoms with Crippen LogP contribution in [-0.2, 0) is 4.74 Å². The first-order valence-corrected chi connectivity index (χ1v) is 9.64. The molecule has 1 aromatic carbocycles. The molecule has 150 valence electrons. The number of benzene rings is 1. The molecule has 1 aliphatic heterocycles. The van der Waals surface area contributed by atoms with E-state index in [2.05, 4.69) is 4.98 Å². The summed E-state index contributed by atoms with van der Waals surface area (Å²) >= 11 is 0. The number of carbonyl (C=O) groups excluding carboxylic acids is 2. The minimum absolute atomic E-state index is 0.128. The normalized spacial score (nSPS) is 14.7. The standard InChI is InChI=1S/C22H24N4O3/c1-14-9-10-23-20-18(14)19(16-11-25(12-16)21(28)29-22(2,3)4)24-26(20)17-7-5-15(13-27)6-8-17/h5-10,13,16H,11-12H2,1-4H3. The molecule has 0 atom stereocenters. The predicted molar refractivity (Wildman–Crippen MR) is 110 cm³/mol. The number of likely N-dealkylation sites (tertiary alicyclic amines) is 1. The van der Waals surface area contributed by atoms with Gasteiger partial charge in [-0.1, -0.05) is 0 Å². The van der Waals surface area contributed by atoms with Crippen molar-refractivity contribution in [2.24, 2.45) is 0 Å². The number of carbonyl (C=O) groups is 2. The minimum Gasteiger partial charge on any atom is -0.444 e. The molecule has 0 saturated carbocycles. The lowest BCUT2D eigenvalue weighted by Gasteiger charge is -2.39. The lowest BCUT2D eigenvalue weighted by molar-refractivity contribution is 0.00794. The lowest BCUT2D eigenvalue weighted by Crippen LogP contribution is -2.50. The molecule has 1 fully saturated rings. The first-order valence-electron chi connectivity index (χ1n) is 9.64. The second-order valence-corrected chi connectivity index (χ2v) is 8.42. The molecule has 3 aromatic rings. The molecule has 1 amide bonds. The number of amides is 1. The van der Waals surface area contributed by atoms with Gasteiger partial charge in [-0.2, -0.15) is 5.10 Å². The van der Waals surface area contributed by atoms with Crippen molar-refractivity contribution < 1.29 is 14.3 Å². The van der Waals surface area contributed by atoms with Crippen LogP contribution in [0.1, 0.15) is 48.3 Å². The Hall–Kier alpha value is -3.22. The number of pyridine rings is 1. The molecule has 1 saturated heterocycles. The van der Waals surface area contributed by atoms with Crippen LogP contribution in [0.5, 0.6) is 0 Å². The summed E-state index contributed by atoms with van der Waals surface area (Å²) in [7, 11) is 0. The van der Waals surface area contributed by atoms with Crippen LogP contribution in [0, 0.1) is 6.92 Å². The zero-order valence-corrected chi connectivity index (χ0v) is 17.0. The maximum absolute atomic E-state index is 12.3. The van der Waals surface area contributed by atoms with Crippen molar-refractivity contribution in [1.82, 2.24) is 19.7 Å². The van der Waals surface area contributed by atoms with Crippen LogP contribution in [0.3, 0.4) is 0 Å². The van der Waals surface area contributed by atoms with Crippen molar-refractivity contribution in [2.75, 3.05) is 13.1 Å². The topological polar surface area (TPSA) is 77.3 Å². The second kappa shape index (κ2) is 6.99. The number of hydrogen-bond acceptors (Lipinski definition) is 5. The Morgan fingerprint density at radius 1 is 1.17 bits per heavy atom. The van der Waals surface area contributed by atoms with Crippen molar-refractivity contribution >= 4 is 23.4 Å². The Morgan fingerprint density at radius 2 is 1.86 bits per heavy atom. The Kier molecular flexibility index (Phi) is 4.61. The summed E-state index contributed by atoms with van der Waals surface area (Å²) in [6.07, 6.45) is 2.29. The predicted octanol–water partition coefficient (Wildman–Crippen LogP) is 3.88. The van der Waals surface area contributed by atoms with Crippen molar-refractivity contribution in [1.29, 1.82) is 0 Å². The van der Waals surface area contributed by atoms with Gasteiger partial charge in [0.1, 0.15) is 11.9 Å². The second-order valence-electron chi connectivity index (χ2n) is 8.42. The fourth-order valence-corrected chi connectivity index (χ4v) is 3.51. The largest absolute Gasteiger partial charge is 0.444 e. The first-order chi connectivity index (χ1) is 13.8. The van der Waals surface area contributed by atoms with E-state index in [4.69, 9.17) is 9.84 Å². The quantitative estimate of drug-likeness (QED) is 0.632. The fourth-order valence-electron chi connectivity index (χ4n) is 3.51. The molecule has 0 spiro atoms. The van der Waals surface area contributed by atoms with Crippen molar-refractivity contribution in [3.63, 3.8) is 0 Å². The van der Waals surface area contributed by atoms with E-state index >= 15 is 0 Å². The van der Waals surface area contributed by atoms with E-state index in [0.29, 0.717) is 18.7 Å². The molecule has 29 heavy (non-hydrogen) atoms. The van der Waals surface area contributed by atoms with Gasteiger partial charge < -0.3 is 9.64 Å². The summed E-state index contributed by atoms with van der Waals surface area (Å²) in [5, 5.41) is 5.87. The number of ether oxygens (including phenoxy) is 1. The molecular formula is C22H24N4O3. The first kappa shape index (κ1) is 19.1. The van der Waals surface area contributed by atoms with Gasteiger partial charge in [-0.3, -0.25) is 4.79 Å². The van der Waals surface area contributed by atoms with E-state index in [0.717, 1.165) is 34.3 Å². The van der Waals surface area contributed by atoms with Crippen molar-refractivity contribution in [3.8, 4) is 5.69 Å². The number of nitrogens with zero attached hydrogens (tertiary/aromatic N) is 4. The average molecular weight is 392 g/mol. The third kappa shape index (κ3) is 3.60. The molecule has 0 bridgehead atoms. The van der Waals surface area contributed by atoms with Gasteiger partial charge in [0, 0.05) is 36.2 Å². The van der Waals surface area contributed by atoms with Gasteiger partial charge in [-0.05, 0) is 63.6 Å². The number of aryl methyl sites for hydroxylation is 1. The highest BCUT2D eigenvalue weighted by molar-refractivity contribution is 5.84. The van der Waals surface area contributed by atoms with Crippen LogP contribution in [0.2, 0.25) is 0 Å². The lowest BCUT2D eigenvalue weighted by atomic mass is 9.94. The highest BCUT2D eigenvalue weighted by atomic mass is 16.6. The molecule has 0 unspecified atom stereocenters. The Morgan fingerprint density at radius 3 is 2.48 bits per heavy atom. The highest BCUT2D eigenvalue weighted by Gasteiger charge is 2.37. The molecule has 0 radical (unpaired) electrons. The van der Waals surface area contributed by atoms with Crippen molar-refractivity contribution in [2.45, 2.75) is 39.2 Å². The van der Waals surface area contributed by atoms with Gasteiger partial charge >= 0.3 is 6.09 Å². The maximum atomic E-state index is 12.3. The third-order valence-corrected chi connectivity index (χ3v) is 5.00. The summed E-state index contributed by atoms with van der Waals surface area (Å²) in [6.45, 7) is 8.77. The van der Waals surface area contributed by atoms with E-state index in [1.807, 2.05) is 50.6 Å². The van der Waals surface area contributed by atoms with Gasteiger partial charge in [-0.25, -0.2) is 14.5 Å². The zero-order valence-electron chi connectivity index (χ0n) is 17.0. The number of aromatic nitrogens is 3. The zero-order chi connectivity index (χ0) is 20.8. The summed E-state index contributed by atoms with van der Waals surface area (Å²) in [5.74, 6) is 0.128. The molecule has 1 aliphatic rings. The Labute approximate surface area is 169 Å². The smallest absolute Gasteiger partial charge is 0.410 e. The van der Waals surface area contributed by atoms with Crippen LogP contribution >= 0.6 is 0 Å². The van der Waals surface area contributed by atoms with Crippen LogP contribution in [-0.4, -0.2) is 50.7 Å². The monoisotopic (exact) mass is 392 g/mol. The van der Waals surface area contributed by atoms with Crippen LogP contribution in [0.4, 0.5) is 4.79 Å². The summed E-state index contributed by atoms with van der Waals surface area (Å²) in [5.41, 5.74) is 3.75. The molecule has 4 rings (SSSR count). The summed E-state index contributed by atoms with van der Waals surface area (Å²) < 4.78 is 7.26. The molecule has 0 aliphatic carbocycles. The number of fused-ring (bicyclic) bond motifs is 1. The van der Waals surface area contributed by atoms with Gasteiger partial charge in [0.05, 0.1) is 11.4 Å². The third-order valence-electron chi connectivity index (χ3n) is 5.00. The van der Waals surface area contributed by atoms with Gasteiger partial charge in [-0.15, -0.1) is 0 Å². The van der Waals surface area contributed by atoms with Crippen molar-refractivity contribution in [3.05, 3.63) is 53.3 Å². The van der Waals surface area contributed by atoms with Crippen LogP contribution < -0.4 is 0 Å². The summed E-state index contributed by atoms with van der Waals surface area (Å²) in [4.78, 5) is 29.5. The molecule has 2 aromatic heterocycles. The van der Waals surface area contributed by atoms with Gasteiger partial charge in [0.25, 0.3) is 0 Å². The molecular weight excluding hydrogens is 368 g/mol. The van der Waals surface area contributed by atoms with E-state index in [1.165, 1.54) is 0 Å². The highest BCUT2D eigenvalue weighted by Crippen LogP contribution is 2.34. The van der Waals surface area contributed by atoms with E-state index < -0.39 is 5.60 Å². The van der Waals surface area contributed by atoms with Gasteiger partial charge in [0.15, 0.2) is 5.65 Å². The molecule has 7 heteroatoms. The Bertz CT molecular complexity index is 1070. The number of aldehydes is 1. The van der Waals surface area contributed by atoms with Gasteiger partial charge in [0.2, 0.25) is 0 Å².